The first-order valence-corrected chi connectivity index (χ1v) is 7.90. The molecule has 1 saturated heterocycles. The quantitative estimate of drug-likeness (QED) is 0.855. The summed E-state index contributed by atoms with van der Waals surface area (Å²) < 4.78 is 43.1. The van der Waals surface area contributed by atoms with E-state index in [1.807, 2.05) is 6.92 Å². The van der Waals surface area contributed by atoms with Gasteiger partial charge in [-0.05, 0) is 18.6 Å². The maximum absolute atomic E-state index is 12.8. The minimum atomic E-state index is -4.68. The molecular weight excluding hydrogens is 305 g/mol. The van der Waals surface area contributed by atoms with E-state index in [2.05, 4.69) is 4.98 Å². The van der Waals surface area contributed by atoms with Crippen molar-refractivity contribution in [3.8, 4) is 0 Å². The Kier molecular flexibility index (Phi) is 5.18. The molecule has 8 heteroatoms. The number of likely N-dealkylation sites (tertiary alicyclic amines) is 1. The predicted molar refractivity (Wildman–Crippen MR) is 73.2 cm³/mol. The molecule has 1 aromatic rings. The first kappa shape index (κ1) is 16.2. The lowest BCUT2D eigenvalue weighted by atomic mass is 10.2. The van der Waals surface area contributed by atoms with Gasteiger partial charge in [-0.3, -0.25) is 4.79 Å². The summed E-state index contributed by atoms with van der Waals surface area (Å²) in [5.41, 5.74) is -1.24. The molecule has 1 aromatic heterocycles. The molecule has 1 aliphatic heterocycles. The second kappa shape index (κ2) is 6.72. The third kappa shape index (κ3) is 3.93. The first-order valence-electron chi connectivity index (χ1n) is 6.85. The van der Waals surface area contributed by atoms with Crippen LogP contribution in [0.25, 0.3) is 0 Å². The van der Waals surface area contributed by atoms with E-state index in [1.165, 1.54) is 4.90 Å². The molecule has 0 N–H and O–H groups in total. The third-order valence-corrected chi connectivity index (χ3v) is 4.54. The minimum Gasteiger partial charge on any atom is -0.438 e. The number of hydrogen-bond donors (Lipinski definition) is 0. The van der Waals surface area contributed by atoms with Crippen molar-refractivity contribution in [1.29, 1.82) is 0 Å². The first-order chi connectivity index (χ1) is 9.93. The second-order valence-electron chi connectivity index (χ2n) is 4.85. The van der Waals surface area contributed by atoms with Crippen molar-refractivity contribution in [3.63, 3.8) is 0 Å². The van der Waals surface area contributed by atoms with Crippen LogP contribution < -0.4 is 0 Å². The summed E-state index contributed by atoms with van der Waals surface area (Å²) in [7, 11) is 0. The van der Waals surface area contributed by atoms with Gasteiger partial charge in [0.05, 0.1) is 0 Å². The number of oxazole rings is 1. The maximum atomic E-state index is 12.8. The summed E-state index contributed by atoms with van der Waals surface area (Å²) in [6.07, 6.45) is -1.26. The predicted octanol–water partition coefficient (Wildman–Crippen LogP) is 3.44. The van der Waals surface area contributed by atoms with Gasteiger partial charge in [0.25, 0.3) is 5.91 Å². The zero-order valence-electron chi connectivity index (χ0n) is 11.7. The van der Waals surface area contributed by atoms with Gasteiger partial charge < -0.3 is 9.32 Å². The molecule has 2 heterocycles. The summed E-state index contributed by atoms with van der Waals surface area (Å²) >= 11 is 1.73. The Hall–Kier alpha value is -1.18. The summed E-state index contributed by atoms with van der Waals surface area (Å²) in [4.78, 5) is 16.9. The molecule has 1 atom stereocenters. The van der Waals surface area contributed by atoms with Crippen LogP contribution in [-0.4, -0.2) is 39.9 Å². The lowest BCUT2D eigenvalue weighted by Crippen LogP contribution is -2.36. The minimum absolute atomic E-state index is 0.263. The van der Waals surface area contributed by atoms with E-state index in [-0.39, 0.29) is 5.25 Å². The van der Waals surface area contributed by atoms with Crippen molar-refractivity contribution in [3.05, 3.63) is 17.8 Å². The molecule has 0 aromatic carbocycles. The number of amides is 1. The number of rotatable bonds is 3. The van der Waals surface area contributed by atoms with Crippen molar-refractivity contribution < 1.29 is 22.4 Å². The van der Waals surface area contributed by atoms with Crippen LogP contribution in [0.1, 0.15) is 42.4 Å². The highest BCUT2D eigenvalue weighted by atomic mass is 32.2. The number of carbonyl (C=O) groups is 1. The molecule has 0 aliphatic carbocycles. The fraction of sp³-hybridized carbons (Fsp3) is 0.692. The average Bonchev–Trinajstić information content (AvgIpc) is 2.80. The SMILES string of the molecule is CCSC1CCCCN(C(=O)c2ocnc2C(F)(F)F)C1. The van der Waals surface area contributed by atoms with Crippen molar-refractivity contribution >= 4 is 17.7 Å². The number of aromatic nitrogens is 1. The van der Waals surface area contributed by atoms with E-state index < -0.39 is 23.5 Å². The molecule has 0 bridgehead atoms. The highest BCUT2D eigenvalue weighted by molar-refractivity contribution is 7.99. The van der Waals surface area contributed by atoms with E-state index in [4.69, 9.17) is 4.42 Å². The van der Waals surface area contributed by atoms with Crippen LogP contribution in [0.2, 0.25) is 0 Å². The van der Waals surface area contributed by atoms with Gasteiger partial charge in [-0.25, -0.2) is 4.98 Å². The van der Waals surface area contributed by atoms with E-state index in [0.29, 0.717) is 19.5 Å². The zero-order chi connectivity index (χ0) is 15.5. The monoisotopic (exact) mass is 322 g/mol. The van der Waals surface area contributed by atoms with E-state index in [0.717, 1.165) is 25.0 Å². The summed E-state index contributed by atoms with van der Waals surface area (Å²) in [5.74, 6) is -0.504. The zero-order valence-corrected chi connectivity index (χ0v) is 12.5. The number of hydrogen-bond acceptors (Lipinski definition) is 4. The molecule has 4 nitrogen and oxygen atoms in total. The smallest absolute Gasteiger partial charge is 0.437 e. The standard InChI is InChI=1S/C13H17F3N2O2S/c1-2-21-9-5-3-4-6-18(7-9)12(19)10-11(13(14,15)16)17-8-20-10/h8-9H,2-7H2,1H3. The molecule has 0 spiro atoms. The Morgan fingerprint density at radius 3 is 2.95 bits per heavy atom. The van der Waals surface area contributed by atoms with Crippen LogP contribution in [0.5, 0.6) is 0 Å². The number of nitrogens with zero attached hydrogens (tertiary/aromatic N) is 2. The van der Waals surface area contributed by atoms with Gasteiger partial charge in [0, 0.05) is 18.3 Å². The molecule has 1 aliphatic rings. The number of alkyl halides is 3. The molecule has 1 amide bonds. The van der Waals surface area contributed by atoms with Crippen molar-refractivity contribution in [2.24, 2.45) is 0 Å². The molecule has 21 heavy (non-hydrogen) atoms. The Labute approximate surface area is 125 Å². The van der Waals surface area contributed by atoms with Crippen LogP contribution in [0.4, 0.5) is 13.2 Å². The molecular formula is C13H17F3N2O2S. The number of halogens is 3. The molecule has 1 unspecified atom stereocenters. The highest BCUT2D eigenvalue weighted by Crippen LogP contribution is 2.32. The van der Waals surface area contributed by atoms with Crippen LogP contribution in [0.3, 0.4) is 0 Å². The van der Waals surface area contributed by atoms with Crippen LogP contribution >= 0.6 is 11.8 Å². The van der Waals surface area contributed by atoms with Gasteiger partial charge in [-0.15, -0.1) is 0 Å². The van der Waals surface area contributed by atoms with Gasteiger partial charge in [-0.2, -0.15) is 24.9 Å². The Balaban J connectivity index is 2.17. The van der Waals surface area contributed by atoms with Crippen molar-refractivity contribution in [2.45, 2.75) is 37.6 Å². The van der Waals surface area contributed by atoms with Crippen LogP contribution in [-0.2, 0) is 6.18 Å². The lowest BCUT2D eigenvalue weighted by Gasteiger charge is -2.23. The Bertz CT molecular complexity index is 490. The summed E-state index contributed by atoms with van der Waals surface area (Å²) in [6, 6.07) is 0. The van der Waals surface area contributed by atoms with Gasteiger partial charge in [-0.1, -0.05) is 13.3 Å². The topological polar surface area (TPSA) is 46.3 Å². The normalized spacial score (nSPS) is 20.4. The Morgan fingerprint density at radius 1 is 1.52 bits per heavy atom. The van der Waals surface area contributed by atoms with Crippen molar-refractivity contribution in [2.75, 3.05) is 18.8 Å². The van der Waals surface area contributed by atoms with Gasteiger partial charge in [0.1, 0.15) is 0 Å². The molecule has 118 valence electrons. The van der Waals surface area contributed by atoms with E-state index in [1.54, 1.807) is 11.8 Å². The Morgan fingerprint density at radius 2 is 2.29 bits per heavy atom. The number of thioether (sulfide) groups is 1. The van der Waals surface area contributed by atoms with Crippen LogP contribution in [0, 0.1) is 0 Å². The van der Waals surface area contributed by atoms with Gasteiger partial charge in [0.15, 0.2) is 12.1 Å². The van der Waals surface area contributed by atoms with Gasteiger partial charge >= 0.3 is 6.18 Å². The van der Waals surface area contributed by atoms with E-state index >= 15 is 0 Å². The fourth-order valence-electron chi connectivity index (χ4n) is 2.40. The maximum Gasteiger partial charge on any atom is 0.437 e. The number of carbonyl (C=O) groups excluding carboxylic acids is 1. The molecule has 0 radical (unpaired) electrons. The van der Waals surface area contributed by atoms with Gasteiger partial charge in [0.2, 0.25) is 5.76 Å². The fourth-order valence-corrected chi connectivity index (χ4v) is 3.49. The molecule has 1 fully saturated rings. The van der Waals surface area contributed by atoms with Crippen LogP contribution in [0.15, 0.2) is 10.8 Å². The highest BCUT2D eigenvalue weighted by Gasteiger charge is 2.41. The molecule has 0 saturated carbocycles. The third-order valence-electron chi connectivity index (χ3n) is 3.35. The van der Waals surface area contributed by atoms with E-state index in [9.17, 15) is 18.0 Å². The average molecular weight is 322 g/mol. The summed E-state index contributed by atoms with van der Waals surface area (Å²) in [6.45, 7) is 2.94. The second-order valence-corrected chi connectivity index (χ2v) is 6.43. The van der Waals surface area contributed by atoms with Crippen molar-refractivity contribution in [1.82, 2.24) is 9.88 Å². The summed E-state index contributed by atoms with van der Waals surface area (Å²) in [5, 5.41) is 0.263. The largest absolute Gasteiger partial charge is 0.438 e. The lowest BCUT2D eigenvalue weighted by molar-refractivity contribution is -0.141. The molecule has 2 rings (SSSR count).